The number of fused-ring (bicyclic) bond motifs is 1. The third-order valence-corrected chi connectivity index (χ3v) is 10.1. The Morgan fingerprint density at radius 2 is 1.54 bits per heavy atom. The molecule has 2 fully saturated rings. The van der Waals surface area contributed by atoms with Gasteiger partial charge in [0.1, 0.15) is 30.8 Å². The number of hydrogen-bond acceptors (Lipinski definition) is 10. The zero-order chi connectivity index (χ0) is 36.6. The van der Waals surface area contributed by atoms with Gasteiger partial charge in [-0.3, -0.25) is 34.2 Å². The van der Waals surface area contributed by atoms with Gasteiger partial charge in [0, 0.05) is 37.2 Å². The van der Waals surface area contributed by atoms with Crippen LogP contribution in [0.4, 0.5) is 5.69 Å². The highest BCUT2D eigenvalue weighted by molar-refractivity contribution is 6.23. The normalized spacial score (nSPS) is 18.8. The predicted octanol–water partition coefficient (Wildman–Crippen LogP) is 5.03. The quantitative estimate of drug-likeness (QED) is 0.167. The maximum absolute atomic E-state index is 13.4. The standard InChI is InChI=1S/C40H39N5O7/c1-24(46)36-41-19-18-27(42-36)22-51-30-11-6-25(7-12-30)40(2,3)26-8-13-31(14-9-26)52-23-29-5-4-20-44(29)28-10-15-32-33(21-28)39(50)45(38(32)49)34-16-17-35(47)43-37(34)48/h6-15,18-19,21,29,34H,4-5,16-17,20,22-23H2,1-3H3,(H,43,47,48)/t29-,34?/m1/s1. The van der Waals surface area contributed by atoms with Crippen LogP contribution in [0.2, 0.25) is 0 Å². The summed E-state index contributed by atoms with van der Waals surface area (Å²) < 4.78 is 12.2. The summed E-state index contributed by atoms with van der Waals surface area (Å²) in [4.78, 5) is 73.6. The van der Waals surface area contributed by atoms with Crippen LogP contribution in [0, 0.1) is 0 Å². The molecule has 266 valence electrons. The van der Waals surface area contributed by atoms with Crippen molar-refractivity contribution in [3.63, 3.8) is 0 Å². The lowest BCUT2D eigenvalue weighted by molar-refractivity contribution is -0.136. The van der Waals surface area contributed by atoms with E-state index >= 15 is 0 Å². The number of Topliss-reactive ketones (excluding diaryl/α,β-unsaturated/α-hetero) is 1. The summed E-state index contributed by atoms with van der Waals surface area (Å²) in [5, 5.41) is 2.23. The van der Waals surface area contributed by atoms with Crippen molar-refractivity contribution in [3.8, 4) is 11.5 Å². The largest absolute Gasteiger partial charge is 0.491 e. The van der Waals surface area contributed by atoms with Crippen LogP contribution in [0.1, 0.15) is 94.6 Å². The Morgan fingerprint density at radius 1 is 0.865 bits per heavy atom. The van der Waals surface area contributed by atoms with Crippen molar-refractivity contribution in [1.29, 1.82) is 0 Å². The topological polar surface area (TPSA) is 148 Å². The highest BCUT2D eigenvalue weighted by Gasteiger charge is 2.45. The van der Waals surface area contributed by atoms with Crippen LogP contribution >= 0.6 is 0 Å². The number of ether oxygens (including phenoxy) is 2. The summed E-state index contributed by atoms with van der Waals surface area (Å²) in [5.41, 5.74) is 3.93. The Kier molecular flexibility index (Phi) is 9.31. The number of benzene rings is 3. The molecule has 0 aliphatic carbocycles. The van der Waals surface area contributed by atoms with Crippen LogP contribution in [-0.2, 0) is 21.6 Å². The summed E-state index contributed by atoms with van der Waals surface area (Å²) in [5.74, 6) is -0.625. The first kappa shape index (κ1) is 34.5. The van der Waals surface area contributed by atoms with Crippen molar-refractivity contribution in [3.05, 3.63) is 113 Å². The van der Waals surface area contributed by atoms with Crippen LogP contribution in [0.25, 0.3) is 0 Å². The number of hydrogen-bond donors (Lipinski definition) is 1. The van der Waals surface area contributed by atoms with Crippen molar-refractivity contribution in [2.45, 2.75) is 70.6 Å². The third-order valence-electron chi connectivity index (χ3n) is 10.1. The van der Waals surface area contributed by atoms with Gasteiger partial charge in [0.05, 0.1) is 22.9 Å². The number of amides is 4. The molecule has 0 saturated carbocycles. The zero-order valence-corrected chi connectivity index (χ0v) is 29.3. The maximum Gasteiger partial charge on any atom is 0.262 e. The van der Waals surface area contributed by atoms with Gasteiger partial charge in [-0.25, -0.2) is 9.97 Å². The highest BCUT2D eigenvalue weighted by atomic mass is 16.5. The SMILES string of the molecule is CC(=O)c1nccc(COc2ccc(C(C)(C)c3ccc(OC[C@H]4CCCN4c4ccc5c(c4)C(=O)N(C4CCC(=O)NC4=O)C5=O)cc3)cc2)n1. The molecule has 3 aromatic carbocycles. The summed E-state index contributed by atoms with van der Waals surface area (Å²) in [6.45, 7) is 7.22. The number of rotatable bonds is 11. The number of carbonyl (C=O) groups is 5. The monoisotopic (exact) mass is 701 g/mol. The molecule has 1 unspecified atom stereocenters. The van der Waals surface area contributed by atoms with E-state index in [1.54, 1.807) is 24.4 Å². The van der Waals surface area contributed by atoms with E-state index in [4.69, 9.17) is 9.47 Å². The van der Waals surface area contributed by atoms with Crippen LogP contribution < -0.4 is 19.7 Å². The van der Waals surface area contributed by atoms with E-state index in [1.165, 1.54) is 6.92 Å². The van der Waals surface area contributed by atoms with Gasteiger partial charge in [0.2, 0.25) is 11.8 Å². The minimum absolute atomic E-state index is 0.0684. The number of nitrogens with zero attached hydrogens (tertiary/aromatic N) is 4. The molecule has 0 bridgehead atoms. The second kappa shape index (κ2) is 14.0. The van der Waals surface area contributed by atoms with E-state index in [1.807, 2.05) is 42.5 Å². The first-order valence-corrected chi connectivity index (χ1v) is 17.4. The van der Waals surface area contributed by atoms with Crippen molar-refractivity contribution >= 4 is 35.1 Å². The molecular weight excluding hydrogens is 662 g/mol. The average Bonchev–Trinajstić information content (AvgIpc) is 3.72. The lowest BCUT2D eigenvalue weighted by Gasteiger charge is -2.28. The highest BCUT2D eigenvalue weighted by Crippen LogP contribution is 2.35. The van der Waals surface area contributed by atoms with Gasteiger partial charge in [-0.15, -0.1) is 0 Å². The molecule has 12 heteroatoms. The molecule has 4 heterocycles. The fourth-order valence-electron chi connectivity index (χ4n) is 7.08. The maximum atomic E-state index is 13.4. The van der Waals surface area contributed by atoms with Crippen LogP contribution in [0.15, 0.2) is 79.0 Å². The number of imide groups is 2. The zero-order valence-electron chi connectivity index (χ0n) is 29.3. The van der Waals surface area contributed by atoms with E-state index in [-0.39, 0.29) is 53.6 Å². The first-order chi connectivity index (χ1) is 25.0. The molecule has 3 aliphatic heterocycles. The number of carbonyl (C=O) groups excluding carboxylic acids is 5. The number of ketones is 1. The molecule has 1 aromatic heterocycles. The predicted molar refractivity (Wildman–Crippen MR) is 190 cm³/mol. The van der Waals surface area contributed by atoms with Crippen LogP contribution in [0.5, 0.6) is 11.5 Å². The van der Waals surface area contributed by atoms with Gasteiger partial charge in [-0.05, 0) is 78.9 Å². The Labute approximate surface area is 301 Å². The molecule has 52 heavy (non-hydrogen) atoms. The molecule has 2 saturated heterocycles. The van der Waals surface area contributed by atoms with Crippen LogP contribution in [-0.4, -0.2) is 69.5 Å². The Hall–Kier alpha value is -5.91. The van der Waals surface area contributed by atoms with Gasteiger partial charge in [-0.1, -0.05) is 38.1 Å². The van der Waals surface area contributed by atoms with E-state index in [0.717, 1.165) is 46.9 Å². The summed E-state index contributed by atoms with van der Waals surface area (Å²) in [6, 6.07) is 22.1. The van der Waals surface area contributed by atoms with E-state index in [2.05, 4.69) is 46.2 Å². The van der Waals surface area contributed by atoms with Gasteiger partial charge >= 0.3 is 0 Å². The summed E-state index contributed by atoms with van der Waals surface area (Å²) >= 11 is 0. The number of anilines is 1. The summed E-state index contributed by atoms with van der Waals surface area (Å²) in [7, 11) is 0. The van der Waals surface area contributed by atoms with Crippen LogP contribution in [0.3, 0.4) is 0 Å². The van der Waals surface area contributed by atoms with Gasteiger partial charge in [0.25, 0.3) is 11.8 Å². The summed E-state index contributed by atoms with van der Waals surface area (Å²) in [6.07, 6.45) is 3.62. The van der Waals surface area contributed by atoms with Crippen molar-refractivity contribution < 1.29 is 33.4 Å². The second-order valence-corrected chi connectivity index (χ2v) is 13.9. The molecule has 7 rings (SSSR count). The molecule has 4 aromatic rings. The van der Waals surface area contributed by atoms with Crippen molar-refractivity contribution in [1.82, 2.24) is 20.2 Å². The number of aromatic nitrogens is 2. The molecule has 0 radical (unpaired) electrons. The van der Waals surface area contributed by atoms with Gasteiger partial charge in [0.15, 0.2) is 11.6 Å². The smallest absolute Gasteiger partial charge is 0.262 e. The lowest BCUT2D eigenvalue weighted by Crippen LogP contribution is -2.54. The molecular formula is C40H39N5O7. The second-order valence-electron chi connectivity index (χ2n) is 13.9. The molecule has 2 atom stereocenters. The fraction of sp³-hybridized carbons (Fsp3) is 0.325. The van der Waals surface area contributed by atoms with Crippen molar-refractivity contribution in [2.24, 2.45) is 0 Å². The number of nitrogens with one attached hydrogen (secondary N) is 1. The molecule has 3 aliphatic rings. The first-order valence-electron chi connectivity index (χ1n) is 17.4. The lowest BCUT2D eigenvalue weighted by atomic mass is 9.78. The average molecular weight is 702 g/mol. The minimum Gasteiger partial charge on any atom is -0.491 e. The molecule has 12 nitrogen and oxygen atoms in total. The third kappa shape index (κ3) is 6.75. The van der Waals surface area contributed by atoms with E-state index < -0.39 is 29.7 Å². The Morgan fingerprint density at radius 3 is 2.21 bits per heavy atom. The molecule has 0 spiro atoms. The fourth-order valence-corrected chi connectivity index (χ4v) is 7.08. The molecule has 4 amide bonds. The Bertz CT molecular complexity index is 2060. The van der Waals surface area contributed by atoms with Gasteiger partial charge < -0.3 is 14.4 Å². The van der Waals surface area contributed by atoms with Crippen molar-refractivity contribution in [2.75, 3.05) is 18.1 Å². The minimum atomic E-state index is -0.995. The molecule has 1 N–H and O–H groups in total. The number of piperidine rings is 1. The van der Waals surface area contributed by atoms with E-state index in [0.29, 0.717) is 18.1 Å². The Balaban J connectivity index is 0.961. The van der Waals surface area contributed by atoms with Gasteiger partial charge in [-0.2, -0.15) is 0 Å². The van der Waals surface area contributed by atoms with E-state index in [9.17, 15) is 24.0 Å².